The van der Waals surface area contributed by atoms with Crippen LogP contribution in [0, 0.1) is 6.92 Å². The summed E-state index contributed by atoms with van der Waals surface area (Å²) in [6, 6.07) is 3.85. The van der Waals surface area contributed by atoms with Gasteiger partial charge in [0.2, 0.25) is 0 Å². The third-order valence-corrected chi connectivity index (χ3v) is 3.00. The van der Waals surface area contributed by atoms with Crippen LogP contribution in [0.25, 0.3) is 0 Å². The van der Waals surface area contributed by atoms with Crippen molar-refractivity contribution in [3.05, 3.63) is 27.7 Å². The van der Waals surface area contributed by atoms with Crippen molar-refractivity contribution in [3.63, 3.8) is 0 Å². The lowest BCUT2D eigenvalue weighted by atomic mass is 10.1. The molecular formula is C10H13BrO2. The zero-order valence-electron chi connectivity index (χ0n) is 7.55. The van der Waals surface area contributed by atoms with E-state index in [2.05, 4.69) is 15.9 Å². The molecule has 0 fully saturated rings. The van der Waals surface area contributed by atoms with Crippen LogP contribution in [-0.2, 0) is 6.42 Å². The second-order valence-corrected chi connectivity index (χ2v) is 3.82. The molecule has 13 heavy (non-hydrogen) atoms. The minimum Gasteiger partial charge on any atom is -0.506 e. The molecule has 0 amide bonds. The zero-order valence-corrected chi connectivity index (χ0v) is 9.13. The minimum atomic E-state index is 0.158. The van der Waals surface area contributed by atoms with Crippen LogP contribution >= 0.6 is 15.9 Å². The number of phenols is 1. The summed E-state index contributed by atoms with van der Waals surface area (Å²) in [5.74, 6) is 0.299. The Morgan fingerprint density at radius 2 is 2.08 bits per heavy atom. The molecule has 2 N–H and O–H groups in total. The summed E-state index contributed by atoms with van der Waals surface area (Å²) in [7, 11) is 0. The third-order valence-electron chi connectivity index (χ3n) is 2.00. The maximum atomic E-state index is 9.68. The number of hydrogen-bond acceptors (Lipinski definition) is 2. The molecule has 0 unspecified atom stereocenters. The highest BCUT2D eigenvalue weighted by molar-refractivity contribution is 9.10. The molecule has 0 saturated carbocycles. The van der Waals surface area contributed by atoms with Gasteiger partial charge in [-0.2, -0.15) is 0 Å². The van der Waals surface area contributed by atoms with Crippen molar-refractivity contribution in [2.75, 3.05) is 6.61 Å². The quantitative estimate of drug-likeness (QED) is 0.858. The maximum Gasteiger partial charge on any atom is 0.133 e. The molecule has 0 radical (unpaired) electrons. The van der Waals surface area contributed by atoms with Gasteiger partial charge in [-0.15, -0.1) is 0 Å². The summed E-state index contributed by atoms with van der Waals surface area (Å²) in [5, 5.41) is 18.3. The Morgan fingerprint density at radius 3 is 2.69 bits per heavy atom. The smallest absolute Gasteiger partial charge is 0.133 e. The van der Waals surface area contributed by atoms with Crippen LogP contribution in [0.4, 0.5) is 0 Å². The van der Waals surface area contributed by atoms with E-state index in [4.69, 9.17) is 5.11 Å². The first kappa shape index (κ1) is 10.5. The Morgan fingerprint density at radius 1 is 1.38 bits per heavy atom. The van der Waals surface area contributed by atoms with Crippen molar-refractivity contribution >= 4 is 15.9 Å². The van der Waals surface area contributed by atoms with Gasteiger partial charge in [-0.05, 0) is 46.8 Å². The molecule has 0 spiro atoms. The number of aliphatic hydroxyl groups is 1. The Hall–Kier alpha value is -0.540. The molecule has 0 saturated heterocycles. The lowest BCUT2D eigenvalue weighted by Crippen LogP contribution is -1.91. The van der Waals surface area contributed by atoms with Crippen LogP contribution in [0.1, 0.15) is 17.5 Å². The summed E-state index contributed by atoms with van der Waals surface area (Å²) < 4.78 is 0.753. The van der Waals surface area contributed by atoms with E-state index < -0.39 is 0 Å². The molecule has 0 aliphatic heterocycles. The molecule has 3 heteroatoms. The molecule has 0 aromatic heterocycles. The minimum absolute atomic E-state index is 0.158. The van der Waals surface area contributed by atoms with Crippen LogP contribution in [-0.4, -0.2) is 16.8 Å². The number of benzene rings is 1. The van der Waals surface area contributed by atoms with Crippen LogP contribution in [0.15, 0.2) is 16.6 Å². The molecule has 0 aliphatic rings. The van der Waals surface area contributed by atoms with Crippen LogP contribution < -0.4 is 0 Å². The molecular weight excluding hydrogens is 232 g/mol. The molecule has 1 aromatic rings. The van der Waals surface area contributed by atoms with Gasteiger partial charge >= 0.3 is 0 Å². The van der Waals surface area contributed by atoms with Crippen LogP contribution in [0.5, 0.6) is 5.75 Å². The summed E-state index contributed by atoms with van der Waals surface area (Å²) in [5.41, 5.74) is 1.90. The Balaban J connectivity index is 2.90. The fourth-order valence-electron chi connectivity index (χ4n) is 1.18. The van der Waals surface area contributed by atoms with Gasteiger partial charge in [0, 0.05) is 6.61 Å². The number of aromatic hydroxyl groups is 1. The predicted molar refractivity (Wildman–Crippen MR) is 56.0 cm³/mol. The fraction of sp³-hybridized carbons (Fsp3) is 0.400. The third kappa shape index (κ3) is 2.45. The second kappa shape index (κ2) is 4.63. The average molecular weight is 245 g/mol. The van der Waals surface area contributed by atoms with Crippen molar-refractivity contribution in [3.8, 4) is 5.75 Å². The Bertz CT molecular complexity index is 297. The van der Waals surface area contributed by atoms with Crippen molar-refractivity contribution in [2.45, 2.75) is 19.8 Å². The van der Waals surface area contributed by atoms with Crippen molar-refractivity contribution < 1.29 is 10.2 Å². The summed E-state index contributed by atoms with van der Waals surface area (Å²) in [6.07, 6.45) is 1.39. The van der Waals surface area contributed by atoms with E-state index in [1.807, 2.05) is 19.1 Å². The van der Waals surface area contributed by atoms with E-state index in [-0.39, 0.29) is 6.61 Å². The topological polar surface area (TPSA) is 40.5 Å². The van der Waals surface area contributed by atoms with Crippen molar-refractivity contribution in [1.82, 2.24) is 0 Å². The van der Waals surface area contributed by atoms with E-state index in [1.54, 1.807) is 0 Å². The number of phenolic OH excluding ortho intramolecular Hbond substituents is 1. The van der Waals surface area contributed by atoms with Crippen molar-refractivity contribution in [1.29, 1.82) is 0 Å². The normalized spacial score (nSPS) is 10.4. The van der Waals surface area contributed by atoms with E-state index in [9.17, 15) is 5.11 Å². The van der Waals surface area contributed by atoms with Gasteiger partial charge in [0.1, 0.15) is 5.75 Å². The first-order valence-electron chi connectivity index (χ1n) is 4.24. The van der Waals surface area contributed by atoms with Gasteiger partial charge in [0.05, 0.1) is 4.47 Å². The summed E-state index contributed by atoms with van der Waals surface area (Å²) in [6.45, 7) is 2.09. The molecule has 0 aliphatic carbocycles. The standard InChI is InChI=1S/C10H13BrO2/c1-7-4-5-8(3-2-6-12)10(13)9(7)11/h4-5,12-13H,2-3,6H2,1H3. The molecule has 0 bridgehead atoms. The van der Waals surface area contributed by atoms with Gasteiger partial charge in [0.15, 0.2) is 0 Å². The van der Waals surface area contributed by atoms with Gasteiger partial charge in [-0.1, -0.05) is 12.1 Å². The SMILES string of the molecule is Cc1ccc(CCCO)c(O)c1Br. The predicted octanol–water partition coefficient (Wildman–Crippen LogP) is 2.39. The van der Waals surface area contributed by atoms with Gasteiger partial charge in [0.25, 0.3) is 0 Å². The summed E-state index contributed by atoms with van der Waals surface area (Å²) in [4.78, 5) is 0. The van der Waals surface area contributed by atoms with E-state index in [0.29, 0.717) is 18.6 Å². The Labute approximate surface area is 86.3 Å². The largest absolute Gasteiger partial charge is 0.506 e. The van der Waals surface area contributed by atoms with Gasteiger partial charge in [-0.3, -0.25) is 0 Å². The lowest BCUT2D eigenvalue weighted by molar-refractivity contribution is 0.288. The van der Waals surface area contributed by atoms with E-state index in [1.165, 1.54) is 0 Å². The summed E-state index contributed by atoms with van der Waals surface area (Å²) >= 11 is 3.31. The fourth-order valence-corrected chi connectivity index (χ4v) is 1.56. The Kier molecular flexibility index (Phi) is 3.75. The molecule has 2 nitrogen and oxygen atoms in total. The highest BCUT2D eigenvalue weighted by Crippen LogP contribution is 2.31. The average Bonchev–Trinajstić information content (AvgIpc) is 2.13. The number of hydrogen-bond donors (Lipinski definition) is 2. The number of halogens is 1. The molecule has 1 aromatic carbocycles. The highest BCUT2D eigenvalue weighted by Gasteiger charge is 2.06. The first-order valence-corrected chi connectivity index (χ1v) is 5.04. The van der Waals surface area contributed by atoms with Gasteiger partial charge in [-0.25, -0.2) is 0 Å². The number of rotatable bonds is 3. The number of aryl methyl sites for hydroxylation is 2. The number of aliphatic hydroxyl groups excluding tert-OH is 1. The van der Waals surface area contributed by atoms with E-state index >= 15 is 0 Å². The molecule has 72 valence electrons. The molecule has 0 atom stereocenters. The molecule has 1 rings (SSSR count). The van der Waals surface area contributed by atoms with Crippen LogP contribution in [0.3, 0.4) is 0 Å². The second-order valence-electron chi connectivity index (χ2n) is 3.03. The monoisotopic (exact) mass is 244 g/mol. The zero-order chi connectivity index (χ0) is 9.84. The lowest BCUT2D eigenvalue weighted by Gasteiger charge is -2.07. The van der Waals surface area contributed by atoms with E-state index in [0.717, 1.165) is 15.6 Å². The van der Waals surface area contributed by atoms with Crippen molar-refractivity contribution in [2.24, 2.45) is 0 Å². The van der Waals surface area contributed by atoms with Gasteiger partial charge < -0.3 is 10.2 Å². The molecule has 0 heterocycles. The highest BCUT2D eigenvalue weighted by atomic mass is 79.9. The first-order chi connectivity index (χ1) is 6.16. The maximum absolute atomic E-state index is 9.68. The van der Waals surface area contributed by atoms with Crippen LogP contribution in [0.2, 0.25) is 0 Å².